The first-order chi connectivity index (χ1) is 12.8. The normalized spacial score (nSPS) is 10.9. The van der Waals surface area contributed by atoms with Gasteiger partial charge in [-0.15, -0.1) is 11.3 Å². The van der Waals surface area contributed by atoms with Crippen LogP contribution < -0.4 is 11.1 Å². The first-order valence-electron chi connectivity index (χ1n) is 7.74. The molecule has 3 rings (SSSR count). The molecule has 27 heavy (non-hydrogen) atoms. The highest BCUT2D eigenvalue weighted by Gasteiger charge is 2.21. The molecule has 0 spiro atoms. The zero-order valence-corrected chi connectivity index (χ0v) is 15.2. The minimum Gasteiger partial charge on any atom is -0.397 e. The molecule has 0 atom stereocenters. The van der Waals surface area contributed by atoms with E-state index in [1.165, 1.54) is 6.07 Å². The Morgan fingerprint density at radius 2 is 2.19 bits per heavy atom. The van der Waals surface area contributed by atoms with Gasteiger partial charge in [0.2, 0.25) is 5.82 Å². The highest BCUT2D eigenvalue weighted by molar-refractivity contribution is 7.21. The van der Waals surface area contributed by atoms with Crippen LogP contribution in [0.3, 0.4) is 0 Å². The van der Waals surface area contributed by atoms with Gasteiger partial charge >= 0.3 is 5.69 Å². The molecule has 3 aromatic rings. The number of nitro benzene ring substituents is 1. The average molecular weight is 390 g/mol. The van der Waals surface area contributed by atoms with Crippen LogP contribution in [-0.4, -0.2) is 22.9 Å². The molecule has 2 heterocycles. The van der Waals surface area contributed by atoms with E-state index in [-0.39, 0.29) is 16.3 Å². The third kappa shape index (κ3) is 3.57. The van der Waals surface area contributed by atoms with Gasteiger partial charge in [-0.2, -0.15) is 4.39 Å². The van der Waals surface area contributed by atoms with Crippen LogP contribution >= 0.6 is 11.3 Å². The van der Waals surface area contributed by atoms with E-state index in [2.05, 4.69) is 10.3 Å². The van der Waals surface area contributed by atoms with Crippen LogP contribution in [0, 0.1) is 22.9 Å². The number of benzene rings is 1. The van der Waals surface area contributed by atoms with Crippen LogP contribution in [0.2, 0.25) is 0 Å². The number of aromatic nitrogens is 1. The Morgan fingerprint density at radius 3 is 2.85 bits per heavy atom. The number of rotatable bonds is 5. The summed E-state index contributed by atoms with van der Waals surface area (Å²) < 4.78 is 18.6. The monoisotopic (exact) mass is 390 g/mol. The fourth-order valence-corrected chi connectivity index (χ4v) is 3.78. The number of nitrogens with zero attached hydrogens (tertiary/aromatic N) is 2. The minimum atomic E-state index is -0.983. The molecule has 3 N–H and O–H groups in total. The largest absolute Gasteiger partial charge is 0.397 e. The highest BCUT2D eigenvalue weighted by atomic mass is 32.1. The molecule has 0 aliphatic carbocycles. The van der Waals surface area contributed by atoms with Gasteiger partial charge in [-0.25, -0.2) is 4.98 Å². The van der Waals surface area contributed by atoms with Gasteiger partial charge < -0.3 is 15.8 Å². The third-order valence-electron chi connectivity index (χ3n) is 3.82. The van der Waals surface area contributed by atoms with Crippen molar-refractivity contribution < 1.29 is 18.8 Å². The number of nitrogens with one attached hydrogen (secondary N) is 1. The Labute approximate surface area is 156 Å². The Hall–Kier alpha value is -3.11. The summed E-state index contributed by atoms with van der Waals surface area (Å²) in [5.74, 6) is -1.54. The summed E-state index contributed by atoms with van der Waals surface area (Å²) in [6.07, 6.45) is 0. The molecule has 140 valence electrons. The van der Waals surface area contributed by atoms with Crippen molar-refractivity contribution in [2.45, 2.75) is 13.5 Å². The topological polar surface area (TPSA) is 120 Å². The number of aryl methyl sites for hydroxylation is 1. The van der Waals surface area contributed by atoms with E-state index < -0.39 is 22.3 Å². The molecule has 2 aromatic heterocycles. The number of nitrogens with two attached hydrogens (primary N) is 1. The second kappa shape index (κ2) is 7.25. The third-order valence-corrected chi connectivity index (χ3v) is 4.91. The van der Waals surface area contributed by atoms with E-state index in [0.29, 0.717) is 16.8 Å². The van der Waals surface area contributed by atoms with Crippen LogP contribution in [0.1, 0.15) is 20.9 Å². The highest BCUT2D eigenvalue weighted by Crippen LogP contribution is 2.36. The summed E-state index contributed by atoms with van der Waals surface area (Å²) in [6, 6.07) is 4.95. The lowest BCUT2D eigenvalue weighted by Crippen LogP contribution is -2.12. The van der Waals surface area contributed by atoms with Gasteiger partial charge in [-0.1, -0.05) is 0 Å². The van der Waals surface area contributed by atoms with Crippen LogP contribution in [0.15, 0.2) is 24.3 Å². The number of nitro groups is 1. The van der Waals surface area contributed by atoms with Gasteiger partial charge in [0.25, 0.3) is 5.91 Å². The molecular weight excluding hydrogens is 375 g/mol. The molecule has 0 saturated carbocycles. The molecule has 0 fully saturated rings. The van der Waals surface area contributed by atoms with Gasteiger partial charge in [-0.3, -0.25) is 14.9 Å². The van der Waals surface area contributed by atoms with Gasteiger partial charge in [0.15, 0.2) is 0 Å². The van der Waals surface area contributed by atoms with E-state index in [4.69, 9.17) is 10.5 Å². The fraction of sp³-hybridized carbons (Fsp3) is 0.176. The lowest BCUT2D eigenvalue weighted by molar-refractivity contribution is -0.387. The number of carbonyl (C=O) groups is 1. The SMILES string of the molecule is COCc1cc(C)nc2sc(C(=O)Nc3ccc(F)c([N+](=O)[O-])c3)c(N)c12. The van der Waals surface area contributed by atoms with E-state index in [1.807, 2.05) is 13.0 Å². The Bertz CT molecular complexity index is 1070. The molecular formula is C17H15FN4O4S. The second-order valence-corrected chi connectivity index (χ2v) is 6.76. The summed E-state index contributed by atoms with van der Waals surface area (Å²) in [5, 5.41) is 14.0. The van der Waals surface area contributed by atoms with Crippen LogP contribution in [-0.2, 0) is 11.3 Å². The lowest BCUT2D eigenvalue weighted by Gasteiger charge is -2.06. The van der Waals surface area contributed by atoms with Crippen molar-refractivity contribution in [2.75, 3.05) is 18.2 Å². The molecule has 0 saturated heterocycles. The maximum absolute atomic E-state index is 13.4. The summed E-state index contributed by atoms with van der Waals surface area (Å²) in [6.45, 7) is 2.14. The molecule has 1 aromatic carbocycles. The Balaban J connectivity index is 1.99. The molecule has 0 radical (unpaired) electrons. The van der Waals surface area contributed by atoms with Gasteiger partial charge in [-0.05, 0) is 30.7 Å². The number of ether oxygens (including phenoxy) is 1. The number of fused-ring (bicyclic) bond motifs is 1. The number of nitrogen functional groups attached to an aromatic ring is 1. The number of pyridine rings is 1. The Kier molecular flexibility index (Phi) is 5.02. The van der Waals surface area contributed by atoms with E-state index in [1.54, 1.807) is 7.11 Å². The molecule has 0 unspecified atom stereocenters. The van der Waals surface area contributed by atoms with E-state index in [9.17, 15) is 19.3 Å². The summed E-state index contributed by atoms with van der Waals surface area (Å²) >= 11 is 1.11. The van der Waals surface area contributed by atoms with Crippen LogP contribution in [0.4, 0.5) is 21.5 Å². The number of hydrogen-bond acceptors (Lipinski definition) is 7. The maximum atomic E-state index is 13.4. The first-order valence-corrected chi connectivity index (χ1v) is 8.56. The Morgan fingerprint density at radius 1 is 1.44 bits per heavy atom. The van der Waals surface area contributed by atoms with Crippen LogP contribution in [0.5, 0.6) is 0 Å². The summed E-state index contributed by atoms with van der Waals surface area (Å²) in [5.41, 5.74) is 7.35. The zero-order valence-electron chi connectivity index (χ0n) is 14.4. The molecule has 0 aliphatic heterocycles. The van der Waals surface area contributed by atoms with E-state index >= 15 is 0 Å². The van der Waals surface area contributed by atoms with Crippen LogP contribution in [0.25, 0.3) is 10.2 Å². The zero-order chi connectivity index (χ0) is 19.7. The number of amides is 1. The number of hydrogen-bond donors (Lipinski definition) is 2. The fourth-order valence-electron chi connectivity index (χ4n) is 2.69. The number of carbonyl (C=O) groups excluding carboxylic acids is 1. The predicted octanol–water partition coefficient (Wildman–Crippen LogP) is 3.63. The van der Waals surface area contributed by atoms with Crippen molar-refractivity contribution in [3.05, 3.63) is 56.3 Å². The number of thiophene rings is 1. The molecule has 8 nitrogen and oxygen atoms in total. The average Bonchev–Trinajstić information content (AvgIpc) is 2.93. The van der Waals surface area contributed by atoms with Crippen molar-refractivity contribution in [2.24, 2.45) is 0 Å². The van der Waals surface area contributed by atoms with Crippen molar-refractivity contribution >= 4 is 44.5 Å². The lowest BCUT2D eigenvalue weighted by atomic mass is 10.1. The minimum absolute atomic E-state index is 0.0891. The quantitative estimate of drug-likeness (QED) is 0.507. The first kappa shape index (κ1) is 18.7. The summed E-state index contributed by atoms with van der Waals surface area (Å²) in [4.78, 5) is 27.8. The smallest absolute Gasteiger partial charge is 0.306 e. The molecule has 10 heteroatoms. The molecule has 1 amide bonds. The van der Waals surface area contributed by atoms with Crippen molar-refractivity contribution in [3.8, 4) is 0 Å². The van der Waals surface area contributed by atoms with Crippen molar-refractivity contribution in [1.82, 2.24) is 4.98 Å². The van der Waals surface area contributed by atoms with Crippen molar-refractivity contribution in [3.63, 3.8) is 0 Å². The predicted molar refractivity (Wildman–Crippen MR) is 100 cm³/mol. The van der Waals surface area contributed by atoms with Gasteiger partial charge in [0.05, 0.1) is 17.2 Å². The maximum Gasteiger partial charge on any atom is 0.306 e. The molecule has 0 bridgehead atoms. The standard InChI is InChI=1S/C17H15FN4O4S/c1-8-5-9(7-26-2)13-14(19)15(27-17(13)20-8)16(23)21-10-3-4-11(18)12(6-10)22(24)25/h3-6H,7,19H2,1-2H3,(H,21,23). The number of methoxy groups -OCH3 is 1. The summed E-state index contributed by atoms with van der Waals surface area (Å²) in [7, 11) is 1.55. The number of anilines is 2. The molecule has 0 aliphatic rings. The van der Waals surface area contributed by atoms with Gasteiger partial charge in [0, 0.05) is 29.9 Å². The van der Waals surface area contributed by atoms with Crippen molar-refractivity contribution in [1.29, 1.82) is 0 Å². The second-order valence-electron chi connectivity index (χ2n) is 5.76. The van der Waals surface area contributed by atoms with E-state index in [0.717, 1.165) is 34.7 Å². The number of halogens is 1. The van der Waals surface area contributed by atoms with Gasteiger partial charge in [0.1, 0.15) is 9.71 Å².